The minimum Gasteiger partial charge on any atom is -0.378 e. The van der Waals surface area contributed by atoms with E-state index in [9.17, 15) is 4.79 Å². The molecule has 1 aromatic heterocycles. The normalized spacial score (nSPS) is 10.6. The van der Waals surface area contributed by atoms with Gasteiger partial charge in [0.15, 0.2) is 0 Å². The number of aromatic nitrogens is 3. The molecule has 98 valence electrons. The Morgan fingerprint density at radius 3 is 2.63 bits per heavy atom. The van der Waals surface area contributed by atoms with Crippen LogP contribution in [-0.2, 0) is 4.79 Å². The molecule has 0 bridgehead atoms. The Balaban J connectivity index is 1.96. The maximum atomic E-state index is 11.6. The summed E-state index contributed by atoms with van der Waals surface area (Å²) in [6.07, 6.45) is 4.53. The molecule has 0 fully saturated rings. The van der Waals surface area contributed by atoms with Crippen molar-refractivity contribution in [3.63, 3.8) is 0 Å². The van der Waals surface area contributed by atoms with Gasteiger partial charge in [0.2, 0.25) is 5.95 Å². The number of carbonyl (C=O) groups excluding carboxylic acids is 1. The van der Waals surface area contributed by atoms with E-state index in [0.717, 1.165) is 11.3 Å². The summed E-state index contributed by atoms with van der Waals surface area (Å²) in [6.45, 7) is 0. The number of hydrogen-bond acceptors (Lipinski definition) is 4. The summed E-state index contributed by atoms with van der Waals surface area (Å²) in [5, 5.41) is 8.75. The number of hydrogen-bond donors (Lipinski definition) is 2. The van der Waals surface area contributed by atoms with Crippen molar-refractivity contribution in [2.45, 2.75) is 0 Å². The van der Waals surface area contributed by atoms with Crippen LogP contribution in [0.15, 0.2) is 36.7 Å². The van der Waals surface area contributed by atoms with Crippen LogP contribution >= 0.6 is 0 Å². The number of rotatable bonds is 4. The van der Waals surface area contributed by atoms with Crippen LogP contribution in [0.2, 0.25) is 0 Å². The summed E-state index contributed by atoms with van der Waals surface area (Å²) in [4.78, 5) is 17.4. The highest BCUT2D eigenvalue weighted by atomic mass is 16.1. The van der Waals surface area contributed by atoms with Gasteiger partial charge in [-0.15, -0.1) is 0 Å². The molecule has 2 aromatic rings. The molecule has 1 amide bonds. The van der Waals surface area contributed by atoms with Gasteiger partial charge < -0.3 is 4.90 Å². The number of aromatic amines is 1. The van der Waals surface area contributed by atoms with E-state index in [1.54, 1.807) is 6.08 Å². The first-order chi connectivity index (χ1) is 9.15. The summed E-state index contributed by atoms with van der Waals surface area (Å²) in [6, 6.07) is 7.89. The van der Waals surface area contributed by atoms with Crippen molar-refractivity contribution in [1.82, 2.24) is 15.2 Å². The first kappa shape index (κ1) is 12.8. The highest BCUT2D eigenvalue weighted by molar-refractivity contribution is 6.00. The number of nitrogens with zero attached hydrogens (tertiary/aromatic N) is 3. The zero-order valence-electron chi connectivity index (χ0n) is 10.8. The second kappa shape index (κ2) is 5.81. The first-order valence-electron chi connectivity index (χ1n) is 5.77. The van der Waals surface area contributed by atoms with Crippen molar-refractivity contribution in [2.24, 2.45) is 0 Å². The SMILES string of the molecule is CN(C)c1ccc(C=CC(=O)Nc2ncn[nH]2)cc1. The topological polar surface area (TPSA) is 73.9 Å². The summed E-state index contributed by atoms with van der Waals surface area (Å²) < 4.78 is 0. The molecule has 1 heterocycles. The third kappa shape index (κ3) is 3.67. The van der Waals surface area contributed by atoms with Gasteiger partial charge in [0.05, 0.1) is 0 Å². The van der Waals surface area contributed by atoms with Crippen LogP contribution in [0, 0.1) is 0 Å². The fraction of sp³-hybridized carbons (Fsp3) is 0.154. The van der Waals surface area contributed by atoms with E-state index < -0.39 is 0 Å². The van der Waals surface area contributed by atoms with Crippen LogP contribution in [0.1, 0.15) is 5.56 Å². The van der Waals surface area contributed by atoms with Gasteiger partial charge in [0, 0.05) is 25.9 Å². The van der Waals surface area contributed by atoms with E-state index in [4.69, 9.17) is 0 Å². The van der Waals surface area contributed by atoms with Crippen LogP contribution in [0.5, 0.6) is 0 Å². The van der Waals surface area contributed by atoms with Gasteiger partial charge in [-0.2, -0.15) is 10.1 Å². The van der Waals surface area contributed by atoms with Gasteiger partial charge in [-0.3, -0.25) is 10.1 Å². The molecule has 0 unspecified atom stereocenters. The van der Waals surface area contributed by atoms with Crippen LogP contribution < -0.4 is 10.2 Å². The Bertz CT molecular complexity index is 557. The molecule has 0 aliphatic carbocycles. The van der Waals surface area contributed by atoms with Gasteiger partial charge in [-0.25, -0.2) is 5.10 Å². The average Bonchev–Trinajstić information content (AvgIpc) is 2.89. The van der Waals surface area contributed by atoms with Gasteiger partial charge in [-0.1, -0.05) is 12.1 Å². The molecule has 0 aliphatic heterocycles. The minimum atomic E-state index is -0.256. The van der Waals surface area contributed by atoms with E-state index in [1.165, 1.54) is 12.4 Å². The van der Waals surface area contributed by atoms with Crippen molar-refractivity contribution in [1.29, 1.82) is 0 Å². The molecular weight excluding hydrogens is 242 g/mol. The Morgan fingerprint density at radius 1 is 1.32 bits per heavy atom. The molecule has 0 spiro atoms. The Morgan fingerprint density at radius 2 is 2.05 bits per heavy atom. The number of carbonyl (C=O) groups is 1. The number of amides is 1. The highest BCUT2D eigenvalue weighted by Crippen LogP contribution is 2.13. The smallest absolute Gasteiger partial charge is 0.250 e. The number of nitrogens with one attached hydrogen (secondary N) is 2. The van der Waals surface area contributed by atoms with Gasteiger partial charge in [-0.05, 0) is 23.8 Å². The minimum absolute atomic E-state index is 0.256. The monoisotopic (exact) mass is 257 g/mol. The fourth-order valence-corrected chi connectivity index (χ4v) is 1.48. The van der Waals surface area contributed by atoms with Crippen LogP contribution in [0.25, 0.3) is 6.08 Å². The molecule has 6 nitrogen and oxygen atoms in total. The molecule has 19 heavy (non-hydrogen) atoms. The maximum absolute atomic E-state index is 11.6. The van der Waals surface area contributed by atoms with E-state index in [-0.39, 0.29) is 5.91 Å². The Hall–Kier alpha value is -2.63. The molecule has 0 atom stereocenters. The van der Waals surface area contributed by atoms with Crippen LogP contribution in [0.3, 0.4) is 0 Å². The van der Waals surface area contributed by atoms with Crippen molar-refractivity contribution >= 4 is 23.6 Å². The third-order valence-electron chi connectivity index (χ3n) is 2.49. The lowest BCUT2D eigenvalue weighted by molar-refractivity contribution is -0.111. The Kier molecular flexibility index (Phi) is 3.92. The third-order valence-corrected chi connectivity index (χ3v) is 2.49. The highest BCUT2D eigenvalue weighted by Gasteiger charge is 1.99. The maximum Gasteiger partial charge on any atom is 0.250 e. The lowest BCUT2D eigenvalue weighted by Gasteiger charge is -2.11. The lowest BCUT2D eigenvalue weighted by atomic mass is 10.2. The molecule has 0 aliphatic rings. The van der Waals surface area contributed by atoms with E-state index in [2.05, 4.69) is 20.5 Å². The largest absolute Gasteiger partial charge is 0.378 e. The molecule has 6 heteroatoms. The second-order valence-corrected chi connectivity index (χ2v) is 4.14. The molecule has 0 saturated heterocycles. The second-order valence-electron chi connectivity index (χ2n) is 4.14. The number of anilines is 2. The molecular formula is C13H15N5O. The lowest BCUT2D eigenvalue weighted by Crippen LogP contribution is -2.09. The molecule has 0 radical (unpaired) electrons. The molecule has 1 aromatic carbocycles. The predicted octanol–water partition coefficient (Wildman–Crippen LogP) is 1.52. The molecule has 2 N–H and O–H groups in total. The Labute approximate surface area is 111 Å². The predicted molar refractivity (Wildman–Crippen MR) is 74.8 cm³/mol. The molecule has 0 saturated carbocycles. The van der Waals surface area contributed by atoms with E-state index >= 15 is 0 Å². The van der Waals surface area contributed by atoms with Crippen molar-refractivity contribution in [3.05, 3.63) is 42.2 Å². The number of H-pyrrole nitrogens is 1. The summed E-state index contributed by atoms with van der Waals surface area (Å²) in [5.74, 6) is 0.0750. The van der Waals surface area contributed by atoms with Gasteiger partial charge in [0.1, 0.15) is 6.33 Å². The van der Waals surface area contributed by atoms with Gasteiger partial charge in [0.25, 0.3) is 5.91 Å². The van der Waals surface area contributed by atoms with Crippen LogP contribution in [-0.4, -0.2) is 35.2 Å². The van der Waals surface area contributed by atoms with Crippen LogP contribution in [0.4, 0.5) is 11.6 Å². The van der Waals surface area contributed by atoms with Crippen molar-refractivity contribution in [2.75, 3.05) is 24.3 Å². The van der Waals surface area contributed by atoms with Crippen molar-refractivity contribution in [3.8, 4) is 0 Å². The summed E-state index contributed by atoms with van der Waals surface area (Å²) >= 11 is 0. The quantitative estimate of drug-likeness (QED) is 0.814. The number of benzene rings is 1. The van der Waals surface area contributed by atoms with E-state index in [1.807, 2.05) is 43.3 Å². The van der Waals surface area contributed by atoms with E-state index in [0.29, 0.717) is 5.95 Å². The standard InChI is InChI=1S/C13H15N5O/c1-18(2)11-6-3-10(4-7-11)5-8-12(19)16-13-14-9-15-17-13/h3-9H,1-2H3,(H2,14,15,16,17,19). The fourth-order valence-electron chi connectivity index (χ4n) is 1.48. The average molecular weight is 257 g/mol. The summed E-state index contributed by atoms with van der Waals surface area (Å²) in [5.41, 5.74) is 2.07. The van der Waals surface area contributed by atoms with Gasteiger partial charge >= 0.3 is 0 Å². The summed E-state index contributed by atoms with van der Waals surface area (Å²) in [7, 11) is 3.96. The zero-order valence-corrected chi connectivity index (χ0v) is 10.8. The van der Waals surface area contributed by atoms with Crippen molar-refractivity contribution < 1.29 is 4.79 Å². The zero-order chi connectivity index (χ0) is 13.7. The molecule has 2 rings (SSSR count). The first-order valence-corrected chi connectivity index (χ1v) is 5.77.